The number of anilines is 1. The molecule has 0 atom stereocenters. The fourth-order valence-electron chi connectivity index (χ4n) is 2.61. The molecule has 2 aromatic carbocycles. The largest absolute Gasteiger partial charge is 0.385 e. The second-order valence-electron chi connectivity index (χ2n) is 6.44. The Morgan fingerprint density at radius 1 is 1.11 bits per heavy atom. The van der Waals surface area contributed by atoms with E-state index in [-0.39, 0.29) is 11.8 Å². The summed E-state index contributed by atoms with van der Waals surface area (Å²) in [7, 11) is -1.95. The number of hydrogen-bond acceptors (Lipinski definition) is 5. The van der Waals surface area contributed by atoms with Gasteiger partial charge in [-0.05, 0) is 42.7 Å². The lowest BCUT2D eigenvalue weighted by Gasteiger charge is -2.24. The van der Waals surface area contributed by atoms with Crippen LogP contribution in [0.15, 0.2) is 48.5 Å². The third-order valence-corrected chi connectivity index (χ3v) is 4.49. The van der Waals surface area contributed by atoms with Crippen molar-refractivity contribution in [2.75, 3.05) is 31.8 Å². The Morgan fingerprint density at radius 2 is 1.79 bits per heavy atom. The Bertz CT molecular complexity index is 882. The molecule has 0 heterocycles. The third-order valence-electron chi connectivity index (χ3n) is 3.99. The summed E-state index contributed by atoms with van der Waals surface area (Å²) < 4.78 is 32.3. The molecule has 0 radical (unpaired) electrons. The molecule has 0 aliphatic carbocycles. The van der Waals surface area contributed by atoms with Crippen LogP contribution in [-0.2, 0) is 21.4 Å². The van der Waals surface area contributed by atoms with Crippen molar-refractivity contribution in [3.63, 3.8) is 0 Å². The van der Waals surface area contributed by atoms with E-state index in [1.807, 2.05) is 31.2 Å². The zero-order chi connectivity index (χ0) is 20.6. The van der Waals surface area contributed by atoms with Gasteiger partial charge in [-0.15, -0.1) is 0 Å². The van der Waals surface area contributed by atoms with Crippen molar-refractivity contribution >= 4 is 21.8 Å². The molecule has 152 valence electrons. The number of aryl methyl sites for hydroxylation is 1. The summed E-state index contributed by atoms with van der Waals surface area (Å²) in [5.41, 5.74) is 2.61. The molecule has 0 bridgehead atoms. The quantitative estimate of drug-likeness (QED) is 0.510. The molecule has 2 rings (SSSR count). The van der Waals surface area contributed by atoms with Crippen LogP contribution in [0.3, 0.4) is 0 Å². The van der Waals surface area contributed by atoms with E-state index >= 15 is 0 Å². The van der Waals surface area contributed by atoms with Gasteiger partial charge in [0.2, 0.25) is 0 Å². The zero-order valence-corrected chi connectivity index (χ0v) is 17.2. The lowest BCUT2D eigenvalue weighted by atomic mass is 10.2. The molecule has 0 unspecified atom stereocenters. The number of carbonyl (C=O) groups is 1. The number of ether oxygens (including phenoxy) is 1. The van der Waals surface area contributed by atoms with E-state index in [9.17, 15) is 13.2 Å². The normalized spacial score (nSPS) is 11.1. The van der Waals surface area contributed by atoms with Gasteiger partial charge in [0.05, 0.1) is 6.26 Å². The first kappa shape index (κ1) is 21.7. The second kappa shape index (κ2) is 10.1. The summed E-state index contributed by atoms with van der Waals surface area (Å²) in [5, 5.41) is 2.94. The fraction of sp³-hybridized carbons (Fsp3) is 0.350. The maximum absolute atomic E-state index is 12.8. The second-order valence-corrected chi connectivity index (χ2v) is 8.02. The number of hydrogen-bond donors (Lipinski definition) is 1. The van der Waals surface area contributed by atoms with Gasteiger partial charge in [0.1, 0.15) is 5.75 Å². The van der Waals surface area contributed by atoms with Crippen LogP contribution >= 0.6 is 0 Å². The number of carbonyl (C=O) groups excluding carboxylic acids is 1. The first-order valence-electron chi connectivity index (χ1n) is 8.87. The molecule has 0 aromatic heterocycles. The van der Waals surface area contributed by atoms with Gasteiger partial charge >= 0.3 is 16.1 Å². The van der Waals surface area contributed by atoms with E-state index in [4.69, 9.17) is 8.92 Å². The number of methoxy groups -OCH3 is 1. The molecular formula is C20H26N2O5S. The van der Waals surface area contributed by atoms with Gasteiger partial charge in [0, 0.05) is 32.5 Å². The highest BCUT2D eigenvalue weighted by Crippen LogP contribution is 2.17. The molecule has 28 heavy (non-hydrogen) atoms. The van der Waals surface area contributed by atoms with Crippen molar-refractivity contribution in [3.8, 4) is 5.75 Å². The van der Waals surface area contributed by atoms with Crippen LogP contribution in [0.4, 0.5) is 10.5 Å². The number of amides is 2. The maximum atomic E-state index is 12.8. The van der Waals surface area contributed by atoms with Gasteiger partial charge in [0.25, 0.3) is 0 Å². The molecule has 0 aliphatic heterocycles. The van der Waals surface area contributed by atoms with Crippen LogP contribution in [0, 0.1) is 6.92 Å². The van der Waals surface area contributed by atoms with Crippen molar-refractivity contribution in [2.45, 2.75) is 19.9 Å². The monoisotopic (exact) mass is 406 g/mol. The molecule has 0 saturated heterocycles. The summed E-state index contributed by atoms with van der Waals surface area (Å²) in [6, 6.07) is 14.0. The third kappa shape index (κ3) is 7.21. The highest BCUT2D eigenvalue weighted by atomic mass is 32.2. The minimum atomic E-state index is -3.57. The minimum absolute atomic E-state index is 0.207. The van der Waals surface area contributed by atoms with Crippen LogP contribution in [0.5, 0.6) is 5.75 Å². The number of rotatable bonds is 9. The Kier molecular flexibility index (Phi) is 7.83. The Morgan fingerprint density at radius 3 is 2.39 bits per heavy atom. The van der Waals surface area contributed by atoms with E-state index in [2.05, 4.69) is 5.32 Å². The molecule has 2 aromatic rings. The average molecular weight is 407 g/mol. The Hall–Kier alpha value is -2.58. The van der Waals surface area contributed by atoms with Gasteiger partial charge in [0.15, 0.2) is 0 Å². The number of para-hydroxylation sites is 1. The first-order chi connectivity index (χ1) is 13.3. The number of nitrogens with zero attached hydrogens (tertiary/aromatic N) is 1. The smallest absolute Gasteiger partial charge is 0.322 e. The van der Waals surface area contributed by atoms with Crippen LogP contribution in [-0.4, -0.2) is 45.9 Å². The first-order valence-corrected chi connectivity index (χ1v) is 10.7. The lowest BCUT2D eigenvalue weighted by Crippen LogP contribution is -2.35. The van der Waals surface area contributed by atoms with E-state index in [1.54, 1.807) is 36.3 Å². The molecule has 7 nitrogen and oxygen atoms in total. The predicted octanol–water partition coefficient (Wildman–Crippen LogP) is 3.40. The van der Waals surface area contributed by atoms with Crippen molar-refractivity contribution < 1.29 is 22.1 Å². The zero-order valence-electron chi connectivity index (χ0n) is 16.3. The van der Waals surface area contributed by atoms with Crippen molar-refractivity contribution in [3.05, 3.63) is 59.7 Å². The lowest BCUT2D eigenvalue weighted by molar-refractivity contribution is 0.171. The number of urea groups is 1. The van der Waals surface area contributed by atoms with Gasteiger partial charge in [-0.2, -0.15) is 8.42 Å². The Balaban J connectivity index is 2.09. The van der Waals surface area contributed by atoms with Crippen molar-refractivity contribution in [1.82, 2.24) is 4.90 Å². The minimum Gasteiger partial charge on any atom is -0.385 e. The van der Waals surface area contributed by atoms with E-state index in [0.29, 0.717) is 26.1 Å². The van der Waals surface area contributed by atoms with E-state index in [1.165, 1.54) is 0 Å². The molecule has 2 amide bonds. The van der Waals surface area contributed by atoms with Crippen LogP contribution in [0.1, 0.15) is 17.5 Å². The topological polar surface area (TPSA) is 84.9 Å². The fourth-order valence-corrected chi connectivity index (χ4v) is 3.07. The van der Waals surface area contributed by atoms with Crippen LogP contribution in [0.25, 0.3) is 0 Å². The van der Waals surface area contributed by atoms with Crippen molar-refractivity contribution in [1.29, 1.82) is 0 Å². The summed E-state index contributed by atoms with van der Waals surface area (Å²) >= 11 is 0. The highest BCUT2D eigenvalue weighted by molar-refractivity contribution is 7.86. The molecule has 1 N–H and O–H groups in total. The Labute approximate surface area is 166 Å². The van der Waals surface area contributed by atoms with Gasteiger partial charge < -0.3 is 19.1 Å². The standard InChI is InChI=1S/C20H26N2O5S/c1-16-7-4-5-8-19(16)21-20(23)22(13-6-14-26-2)15-17-9-11-18(12-10-17)27-28(3,24)25/h4-5,7-12H,6,13-15H2,1-3H3,(H,21,23). The van der Waals surface area contributed by atoms with Crippen LogP contribution in [0.2, 0.25) is 0 Å². The highest BCUT2D eigenvalue weighted by Gasteiger charge is 2.15. The van der Waals surface area contributed by atoms with Gasteiger partial charge in [-0.1, -0.05) is 30.3 Å². The molecule has 0 fully saturated rings. The summed E-state index contributed by atoms with van der Waals surface area (Å²) in [4.78, 5) is 14.5. The molecule has 0 aliphatic rings. The summed E-state index contributed by atoms with van der Waals surface area (Å²) in [5.74, 6) is 0.238. The van der Waals surface area contributed by atoms with E-state index in [0.717, 1.165) is 23.1 Å². The van der Waals surface area contributed by atoms with Gasteiger partial charge in [-0.3, -0.25) is 0 Å². The van der Waals surface area contributed by atoms with E-state index < -0.39 is 10.1 Å². The van der Waals surface area contributed by atoms with Crippen molar-refractivity contribution in [2.24, 2.45) is 0 Å². The van der Waals surface area contributed by atoms with Crippen LogP contribution < -0.4 is 9.50 Å². The summed E-state index contributed by atoms with van der Waals surface area (Å²) in [6.45, 7) is 3.38. The SMILES string of the molecule is COCCCN(Cc1ccc(OS(C)(=O)=O)cc1)C(=O)Nc1ccccc1C. The average Bonchev–Trinajstić information content (AvgIpc) is 2.63. The molecule has 0 saturated carbocycles. The predicted molar refractivity (Wildman–Crippen MR) is 109 cm³/mol. The van der Waals surface area contributed by atoms with Gasteiger partial charge in [-0.25, -0.2) is 4.79 Å². The summed E-state index contributed by atoms with van der Waals surface area (Å²) in [6.07, 6.45) is 1.70. The molecular weight excluding hydrogens is 380 g/mol. The maximum Gasteiger partial charge on any atom is 0.322 e. The number of nitrogens with one attached hydrogen (secondary N) is 1. The molecule has 0 spiro atoms. The molecule has 8 heteroatoms. The number of benzene rings is 2.